The molecule has 33 heavy (non-hydrogen) atoms. The van der Waals surface area contributed by atoms with Crippen LogP contribution in [0.2, 0.25) is 0 Å². The van der Waals surface area contributed by atoms with Crippen molar-refractivity contribution in [1.82, 2.24) is 9.97 Å². The molecule has 0 radical (unpaired) electrons. The van der Waals surface area contributed by atoms with Crippen molar-refractivity contribution in [2.45, 2.75) is 12.8 Å². The smallest absolute Gasteiger partial charge is 0.321 e. The fourth-order valence-electron chi connectivity index (χ4n) is 3.41. The highest BCUT2D eigenvalue weighted by atomic mass is 19.1. The predicted molar refractivity (Wildman–Crippen MR) is 119 cm³/mol. The molecule has 1 heterocycles. The summed E-state index contributed by atoms with van der Waals surface area (Å²) in [6.45, 7) is 0.678. The van der Waals surface area contributed by atoms with Crippen molar-refractivity contribution in [1.29, 1.82) is 0 Å². The van der Waals surface area contributed by atoms with Gasteiger partial charge in [0, 0.05) is 30.6 Å². The number of esters is 1. The zero-order valence-corrected chi connectivity index (χ0v) is 18.2. The van der Waals surface area contributed by atoms with Gasteiger partial charge in [-0.1, -0.05) is 0 Å². The van der Waals surface area contributed by atoms with E-state index in [4.69, 9.17) is 14.2 Å². The van der Waals surface area contributed by atoms with Crippen molar-refractivity contribution in [2.24, 2.45) is 5.41 Å². The van der Waals surface area contributed by atoms with E-state index in [0.717, 1.165) is 0 Å². The van der Waals surface area contributed by atoms with Crippen LogP contribution >= 0.6 is 0 Å². The van der Waals surface area contributed by atoms with E-state index in [1.54, 1.807) is 37.4 Å². The van der Waals surface area contributed by atoms with Gasteiger partial charge in [-0.2, -0.15) is 0 Å². The second kappa shape index (κ2) is 9.37. The van der Waals surface area contributed by atoms with Gasteiger partial charge in [0.25, 0.3) is 0 Å². The fourth-order valence-corrected chi connectivity index (χ4v) is 3.41. The Morgan fingerprint density at radius 1 is 1.06 bits per heavy atom. The molecule has 0 bridgehead atoms. The second-order valence-electron chi connectivity index (χ2n) is 7.59. The molecule has 0 aliphatic heterocycles. The van der Waals surface area contributed by atoms with E-state index in [2.05, 4.69) is 20.6 Å². The first-order chi connectivity index (χ1) is 16.0. The summed E-state index contributed by atoms with van der Waals surface area (Å²) in [6, 6.07) is 9.68. The Morgan fingerprint density at radius 2 is 1.79 bits per heavy atom. The van der Waals surface area contributed by atoms with Crippen molar-refractivity contribution >= 4 is 40.0 Å². The molecule has 4 rings (SSSR count). The van der Waals surface area contributed by atoms with Crippen molar-refractivity contribution in [3.05, 3.63) is 48.5 Å². The average molecular weight is 454 g/mol. The summed E-state index contributed by atoms with van der Waals surface area (Å²) in [6.07, 6.45) is 2.27. The molecule has 1 aromatic heterocycles. The highest BCUT2D eigenvalue weighted by molar-refractivity contribution is 6.11. The SMILES string of the molecule is COCCOc1cc(F)c2c(Nc3ccc(NC(=O)C4(C(=O)OC)CC4)cc3)ncnc2c1. The number of carbonyl (C=O) groups excluding carboxylic acids is 2. The number of methoxy groups -OCH3 is 2. The molecule has 1 amide bonds. The van der Waals surface area contributed by atoms with Crippen molar-refractivity contribution in [3.8, 4) is 5.75 Å². The van der Waals surface area contributed by atoms with Gasteiger partial charge in [0.05, 0.1) is 24.6 Å². The number of ether oxygens (including phenoxy) is 3. The second-order valence-corrected chi connectivity index (χ2v) is 7.59. The summed E-state index contributed by atoms with van der Waals surface area (Å²) in [5, 5.41) is 6.04. The molecule has 1 fully saturated rings. The van der Waals surface area contributed by atoms with E-state index in [9.17, 15) is 14.0 Å². The predicted octanol–water partition coefficient (Wildman–Crippen LogP) is 3.43. The number of hydrogen-bond donors (Lipinski definition) is 2. The molecule has 10 heteroatoms. The number of fused-ring (bicyclic) bond motifs is 1. The normalized spacial score (nSPS) is 13.9. The van der Waals surface area contributed by atoms with Crippen LogP contribution in [0.4, 0.5) is 21.6 Å². The maximum absolute atomic E-state index is 14.8. The number of halogens is 1. The number of benzene rings is 2. The van der Waals surface area contributed by atoms with Crippen molar-refractivity contribution < 1.29 is 28.2 Å². The lowest BCUT2D eigenvalue weighted by molar-refractivity contribution is -0.150. The first-order valence-corrected chi connectivity index (χ1v) is 10.3. The Labute approximate surface area is 189 Å². The van der Waals surface area contributed by atoms with Gasteiger partial charge >= 0.3 is 5.97 Å². The maximum atomic E-state index is 14.8. The lowest BCUT2D eigenvalue weighted by Crippen LogP contribution is -2.32. The number of aromatic nitrogens is 2. The van der Waals surface area contributed by atoms with E-state index in [1.807, 2.05) is 0 Å². The zero-order valence-electron chi connectivity index (χ0n) is 18.2. The molecular weight excluding hydrogens is 431 g/mol. The van der Waals surface area contributed by atoms with E-state index >= 15 is 0 Å². The van der Waals surface area contributed by atoms with Gasteiger partial charge in [0.1, 0.15) is 35.7 Å². The van der Waals surface area contributed by atoms with Crippen molar-refractivity contribution in [2.75, 3.05) is 38.1 Å². The number of rotatable bonds is 9. The molecule has 3 aromatic rings. The molecule has 1 saturated carbocycles. The molecule has 0 saturated heterocycles. The summed E-state index contributed by atoms with van der Waals surface area (Å²) >= 11 is 0. The van der Waals surface area contributed by atoms with Gasteiger partial charge in [0.2, 0.25) is 5.91 Å². The molecule has 0 atom stereocenters. The number of hydrogen-bond acceptors (Lipinski definition) is 8. The molecule has 0 unspecified atom stereocenters. The van der Waals surface area contributed by atoms with Crippen LogP contribution in [0.1, 0.15) is 12.8 Å². The van der Waals surface area contributed by atoms with Crippen LogP contribution in [0.25, 0.3) is 10.9 Å². The van der Waals surface area contributed by atoms with Crippen LogP contribution in [0.15, 0.2) is 42.7 Å². The highest BCUT2D eigenvalue weighted by Crippen LogP contribution is 2.47. The molecule has 9 nitrogen and oxygen atoms in total. The Balaban J connectivity index is 1.48. The minimum atomic E-state index is -1.09. The largest absolute Gasteiger partial charge is 0.491 e. The van der Waals surface area contributed by atoms with Gasteiger partial charge in [-0.15, -0.1) is 0 Å². The van der Waals surface area contributed by atoms with Gasteiger partial charge in [0.15, 0.2) is 0 Å². The minimum absolute atomic E-state index is 0.225. The van der Waals surface area contributed by atoms with E-state index < -0.39 is 17.2 Å². The third-order valence-electron chi connectivity index (χ3n) is 5.39. The Bertz CT molecular complexity index is 1180. The molecule has 2 aromatic carbocycles. The first-order valence-electron chi connectivity index (χ1n) is 10.3. The number of anilines is 3. The molecular formula is C23H23FN4O5. The monoisotopic (exact) mass is 454 g/mol. The number of carbonyl (C=O) groups is 2. The number of nitrogens with one attached hydrogen (secondary N) is 2. The summed E-state index contributed by atoms with van der Waals surface area (Å²) in [5.41, 5.74) is 0.454. The van der Waals surface area contributed by atoms with Gasteiger partial charge in [-0.05, 0) is 37.1 Å². The summed E-state index contributed by atoms with van der Waals surface area (Å²) in [7, 11) is 2.83. The maximum Gasteiger partial charge on any atom is 0.321 e. The fraction of sp³-hybridized carbons (Fsp3) is 0.304. The number of nitrogens with zero attached hydrogens (tertiary/aromatic N) is 2. The highest BCUT2D eigenvalue weighted by Gasteiger charge is 2.57. The summed E-state index contributed by atoms with van der Waals surface area (Å²) in [5.74, 6) is -0.794. The Kier molecular flexibility index (Phi) is 6.36. The van der Waals surface area contributed by atoms with E-state index in [1.165, 1.54) is 19.5 Å². The quantitative estimate of drug-likeness (QED) is 0.287. The van der Waals surface area contributed by atoms with Gasteiger partial charge < -0.3 is 24.8 Å². The third kappa shape index (κ3) is 4.70. The molecule has 172 valence electrons. The van der Waals surface area contributed by atoms with Crippen molar-refractivity contribution in [3.63, 3.8) is 0 Å². The van der Waals surface area contributed by atoms with Crippen LogP contribution in [-0.4, -0.2) is 49.3 Å². The van der Waals surface area contributed by atoms with Crippen LogP contribution in [0.5, 0.6) is 5.75 Å². The van der Waals surface area contributed by atoms with Gasteiger partial charge in [-0.25, -0.2) is 14.4 Å². The third-order valence-corrected chi connectivity index (χ3v) is 5.39. The molecule has 0 spiro atoms. The standard InChI is InChI=1S/C23H23FN4O5/c1-31-9-10-33-16-11-17(24)19-18(12-16)25-13-26-20(19)27-14-3-5-15(6-4-14)28-21(29)23(7-8-23)22(30)32-2/h3-6,11-13H,7-10H2,1-2H3,(H,28,29)(H,25,26,27). The average Bonchev–Trinajstić information content (AvgIpc) is 3.62. The lowest BCUT2D eigenvalue weighted by Gasteiger charge is -2.14. The van der Waals surface area contributed by atoms with E-state index in [0.29, 0.717) is 54.5 Å². The topological polar surface area (TPSA) is 112 Å². The summed E-state index contributed by atoms with van der Waals surface area (Å²) < 4.78 is 30.0. The molecule has 1 aliphatic rings. The van der Waals surface area contributed by atoms with E-state index in [-0.39, 0.29) is 11.3 Å². The minimum Gasteiger partial charge on any atom is -0.491 e. The molecule has 1 aliphatic carbocycles. The van der Waals surface area contributed by atoms with Crippen LogP contribution in [-0.2, 0) is 19.1 Å². The van der Waals surface area contributed by atoms with Crippen LogP contribution in [0.3, 0.4) is 0 Å². The zero-order chi connectivity index (χ0) is 23.4. The summed E-state index contributed by atoms with van der Waals surface area (Å²) in [4.78, 5) is 32.6. The van der Waals surface area contributed by atoms with Gasteiger partial charge in [-0.3, -0.25) is 9.59 Å². The lowest BCUT2D eigenvalue weighted by atomic mass is 10.1. The first kappa shape index (κ1) is 22.4. The van der Waals surface area contributed by atoms with Crippen LogP contribution in [0, 0.1) is 11.2 Å². The van der Waals surface area contributed by atoms with Crippen LogP contribution < -0.4 is 15.4 Å². The molecule has 2 N–H and O–H groups in total. The number of amides is 1. The Hall–Kier alpha value is -3.79. The Morgan fingerprint density at radius 3 is 2.45 bits per heavy atom.